The molecule has 0 spiro atoms. The Kier molecular flexibility index (Phi) is 10.6. The molecule has 0 saturated heterocycles. The second-order valence-electron chi connectivity index (χ2n) is 9.35. The molecule has 0 aliphatic rings. The molecule has 0 aliphatic carbocycles. The molecule has 6 aromatic carbocycles. The Morgan fingerprint density at radius 3 is 0.488 bits per heavy atom. The van der Waals surface area contributed by atoms with Crippen LogP contribution in [0.5, 0.6) is 0 Å². The zero-order valence-electron chi connectivity index (χ0n) is 22.6. The minimum absolute atomic E-state index is 0. The van der Waals surface area contributed by atoms with Gasteiger partial charge in [0.15, 0.2) is 0 Å². The summed E-state index contributed by atoms with van der Waals surface area (Å²) >= 11 is 0. The molecule has 204 valence electrons. The standard InChI is InChI=1S/2C18H16NP.Ru/c2*19-20(16-10-4-1-5-11-16,17-12-6-2-7-13-17)18-14-8-3-9-15-18;/h2*1-15,19H;. The van der Waals surface area contributed by atoms with Gasteiger partial charge in [0.1, 0.15) is 0 Å². The molecule has 0 aromatic heterocycles. The van der Waals surface area contributed by atoms with Gasteiger partial charge in [-0.05, 0) is 31.8 Å². The Morgan fingerprint density at radius 2 is 0.366 bits per heavy atom. The van der Waals surface area contributed by atoms with E-state index in [1.165, 1.54) is 0 Å². The van der Waals surface area contributed by atoms with E-state index in [1.54, 1.807) is 0 Å². The predicted octanol–water partition coefficient (Wildman–Crippen LogP) is 7.48. The molecule has 6 aromatic rings. The van der Waals surface area contributed by atoms with Gasteiger partial charge in [-0.3, -0.25) is 0 Å². The van der Waals surface area contributed by atoms with Crippen LogP contribution in [0.4, 0.5) is 0 Å². The fourth-order valence-corrected chi connectivity index (χ4v) is 10.3. The molecule has 5 heteroatoms. The van der Waals surface area contributed by atoms with Crippen molar-refractivity contribution in [3.05, 3.63) is 182 Å². The molecule has 0 amide bonds. The molecule has 2 N–H and O–H groups in total. The Bertz CT molecular complexity index is 1370. The quantitative estimate of drug-likeness (QED) is 0.138. The van der Waals surface area contributed by atoms with Crippen molar-refractivity contribution in [1.29, 1.82) is 10.3 Å². The largest absolute Gasteiger partial charge is 0.305 e. The molecular weight excluding hydrogens is 623 g/mol. The van der Waals surface area contributed by atoms with Gasteiger partial charge >= 0.3 is 0 Å². The van der Waals surface area contributed by atoms with E-state index in [0.717, 1.165) is 31.8 Å². The SMILES string of the molecule is N=P(c1ccccc1)(c1ccccc1)c1ccccc1.N=P(c1ccccc1)(c1ccccc1)c1ccccc1.[Ru]. The van der Waals surface area contributed by atoms with Crippen molar-refractivity contribution in [3.63, 3.8) is 0 Å². The minimum atomic E-state index is -2.28. The fourth-order valence-electron chi connectivity index (χ4n) is 4.80. The van der Waals surface area contributed by atoms with Crippen molar-refractivity contribution in [2.24, 2.45) is 0 Å². The van der Waals surface area contributed by atoms with Gasteiger partial charge < -0.3 is 10.3 Å². The summed E-state index contributed by atoms with van der Waals surface area (Å²) in [6, 6.07) is 61.1. The van der Waals surface area contributed by atoms with Gasteiger partial charge in [-0.25, -0.2) is 0 Å². The Morgan fingerprint density at radius 1 is 0.244 bits per heavy atom. The first kappa shape index (κ1) is 30.4. The third kappa shape index (κ3) is 6.66. The van der Waals surface area contributed by atoms with Crippen LogP contribution in [0.2, 0.25) is 0 Å². The first-order valence-corrected chi connectivity index (χ1v) is 16.8. The van der Waals surface area contributed by atoms with Gasteiger partial charge in [-0.1, -0.05) is 182 Å². The van der Waals surface area contributed by atoms with E-state index in [1.807, 2.05) is 109 Å². The average Bonchev–Trinajstić information content (AvgIpc) is 3.07. The Hall–Kier alpha value is -3.60. The van der Waals surface area contributed by atoms with Gasteiger partial charge in [-0.2, -0.15) is 0 Å². The summed E-state index contributed by atoms with van der Waals surface area (Å²) < 4.78 is 0. The summed E-state index contributed by atoms with van der Waals surface area (Å²) in [4.78, 5) is 0. The monoisotopic (exact) mass is 656 g/mol. The molecule has 0 heterocycles. The topological polar surface area (TPSA) is 47.7 Å². The first-order valence-electron chi connectivity index (χ1n) is 13.3. The maximum Gasteiger partial charge on any atom is 0.0512 e. The van der Waals surface area contributed by atoms with Crippen molar-refractivity contribution in [2.45, 2.75) is 0 Å². The predicted molar refractivity (Wildman–Crippen MR) is 176 cm³/mol. The van der Waals surface area contributed by atoms with E-state index in [-0.39, 0.29) is 19.5 Å². The molecule has 0 unspecified atom stereocenters. The molecule has 0 fully saturated rings. The average molecular weight is 656 g/mol. The molecule has 0 radical (unpaired) electrons. The van der Waals surface area contributed by atoms with E-state index >= 15 is 0 Å². The van der Waals surface area contributed by atoms with Crippen molar-refractivity contribution in [1.82, 2.24) is 0 Å². The van der Waals surface area contributed by atoms with Crippen molar-refractivity contribution in [3.8, 4) is 0 Å². The van der Waals surface area contributed by atoms with E-state index in [4.69, 9.17) is 0 Å². The minimum Gasteiger partial charge on any atom is -0.305 e. The normalized spacial score (nSPS) is 10.9. The van der Waals surface area contributed by atoms with Gasteiger partial charge in [0, 0.05) is 19.5 Å². The molecule has 0 atom stereocenters. The Labute approximate surface area is 256 Å². The number of hydrogen-bond acceptors (Lipinski definition) is 2. The third-order valence-electron chi connectivity index (χ3n) is 6.86. The summed E-state index contributed by atoms with van der Waals surface area (Å²) in [7, 11) is -4.55. The molecule has 0 aliphatic heterocycles. The van der Waals surface area contributed by atoms with Crippen LogP contribution < -0.4 is 31.8 Å². The number of nitrogens with one attached hydrogen (secondary N) is 2. The van der Waals surface area contributed by atoms with Crippen molar-refractivity contribution >= 4 is 45.9 Å². The summed E-state index contributed by atoms with van der Waals surface area (Å²) in [6.45, 7) is 0. The van der Waals surface area contributed by atoms with E-state index in [2.05, 4.69) is 72.8 Å². The van der Waals surface area contributed by atoms with Crippen LogP contribution in [0.1, 0.15) is 0 Å². The zero-order valence-corrected chi connectivity index (χ0v) is 26.1. The number of benzene rings is 6. The van der Waals surface area contributed by atoms with E-state index in [9.17, 15) is 10.3 Å². The van der Waals surface area contributed by atoms with E-state index in [0.29, 0.717) is 0 Å². The van der Waals surface area contributed by atoms with Gasteiger partial charge in [0.25, 0.3) is 0 Å². The summed E-state index contributed by atoms with van der Waals surface area (Å²) in [5, 5.41) is 25.1. The fraction of sp³-hybridized carbons (Fsp3) is 0. The molecular formula is C36H32N2P2Ru. The second-order valence-corrected chi connectivity index (χ2v) is 15.1. The molecule has 0 saturated carbocycles. The third-order valence-corrected chi connectivity index (χ3v) is 13.3. The second kappa shape index (κ2) is 14.3. The van der Waals surface area contributed by atoms with Crippen molar-refractivity contribution < 1.29 is 19.5 Å². The van der Waals surface area contributed by atoms with Crippen molar-refractivity contribution in [2.75, 3.05) is 0 Å². The van der Waals surface area contributed by atoms with Crippen LogP contribution in [-0.4, -0.2) is 0 Å². The summed E-state index contributed by atoms with van der Waals surface area (Å²) in [5.41, 5.74) is 0. The van der Waals surface area contributed by atoms with Crippen LogP contribution in [0, 0.1) is 10.3 Å². The number of hydrogen-bond donors (Lipinski definition) is 2. The smallest absolute Gasteiger partial charge is 0.0512 e. The van der Waals surface area contributed by atoms with Crippen LogP contribution in [0.3, 0.4) is 0 Å². The van der Waals surface area contributed by atoms with Gasteiger partial charge in [0.2, 0.25) is 0 Å². The molecule has 0 bridgehead atoms. The van der Waals surface area contributed by atoms with Gasteiger partial charge in [0.05, 0.1) is 14.1 Å². The zero-order chi connectivity index (χ0) is 27.7. The van der Waals surface area contributed by atoms with Crippen LogP contribution in [0.25, 0.3) is 0 Å². The molecule has 41 heavy (non-hydrogen) atoms. The van der Waals surface area contributed by atoms with E-state index < -0.39 is 14.1 Å². The van der Waals surface area contributed by atoms with Crippen LogP contribution in [-0.2, 0) is 19.5 Å². The van der Waals surface area contributed by atoms with Crippen LogP contribution in [0.15, 0.2) is 182 Å². The van der Waals surface area contributed by atoms with Crippen LogP contribution >= 0.6 is 14.1 Å². The van der Waals surface area contributed by atoms with Gasteiger partial charge in [-0.15, -0.1) is 0 Å². The maximum absolute atomic E-state index is 9.25. The summed E-state index contributed by atoms with van der Waals surface area (Å²) in [5.74, 6) is 0. The molecule has 2 nitrogen and oxygen atoms in total. The maximum atomic E-state index is 9.25. The summed E-state index contributed by atoms with van der Waals surface area (Å²) in [6.07, 6.45) is 0. The molecule has 6 rings (SSSR count). The first-order chi connectivity index (χ1) is 19.6. The number of rotatable bonds is 6. The Balaban J connectivity index is 0.000000184.